The molecule has 4 heteroatoms. The van der Waals surface area contributed by atoms with E-state index in [1.807, 2.05) is 4.57 Å². The van der Waals surface area contributed by atoms with E-state index < -0.39 is 0 Å². The molecule has 0 radical (unpaired) electrons. The first-order valence-electron chi connectivity index (χ1n) is 7.50. The summed E-state index contributed by atoms with van der Waals surface area (Å²) in [6, 6.07) is 1.79. The molecule has 0 amide bonds. The number of hydrogen-bond acceptors (Lipinski definition) is 3. The Labute approximate surface area is 120 Å². The normalized spacial score (nSPS) is 15.4. The molecule has 1 aliphatic rings. The van der Waals surface area contributed by atoms with Crippen molar-refractivity contribution < 1.29 is 4.79 Å². The second-order valence-electron chi connectivity index (χ2n) is 5.95. The van der Waals surface area contributed by atoms with E-state index in [0.29, 0.717) is 24.3 Å². The number of rotatable bonds is 5. The van der Waals surface area contributed by atoms with Gasteiger partial charge in [-0.2, -0.15) is 0 Å². The number of likely N-dealkylation sites (N-methyl/N-ethyl adjacent to an activating group) is 1. The Balaban J connectivity index is 2.43. The lowest BCUT2D eigenvalue weighted by Gasteiger charge is -2.30. The Kier molecular flexibility index (Phi) is 4.76. The molecule has 0 aromatic carbocycles. The molecule has 0 saturated carbocycles. The minimum Gasteiger partial charge on any atom is -0.312 e. The van der Waals surface area contributed by atoms with Crippen molar-refractivity contribution in [3.05, 3.63) is 33.2 Å². The molecule has 0 spiro atoms. The molecule has 1 aromatic rings. The summed E-state index contributed by atoms with van der Waals surface area (Å²) in [5.41, 5.74) is 2.45. The van der Waals surface area contributed by atoms with Gasteiger partial charge in [-0.25, -0.2) is 0 Å². The summed E-state index contributed by atoms with van der Waals surface area (Å²) in [6.45, 7) is 9.99. The highest BCUT2D eigenvalue weighted by molar-refractivity contribution is 5.74. The van der Waals surface area contributed by atoms with Crippen LogP contribution in [0.5, 0.6) is 0 Å². The van der Waals surface area contributed by atoms with Gasteiger partial charge in [-0.1, -0.05) is 20.8 Å². The Bertz CT molecular complexity index is 546. The number of nitrogens with zero attached hydrogens (tertiary/aromatic N) is 2. The summed E-state index contributed by atoms with van der Waals surface area (Å²) in [5.74, 6) is 0.549. The number of aromatic nitrogens is 1. The molecular formula is C16H24N2O2. The van der Waals surface area contributed by atoms with Crippen LogP contribution < -0.4 is 5.56 Å². The Morgan fingerprint density at radius 2 is 2.15 bits per heavy atom. The maximum atomic E-state index is 12.4. The molecule has 0 saturated heterocycles. The van der Waals surface area contributed by atoms with Crippen molar-refractivity contribution in [2.45, 2.75) is 46.7 Å². The van der Waals surface area contributed by atoms with Crippen molar-refractivity contribution in [2.24, 2.45) is 5.92 Å². The number of carbonyl (C=O) groups excluding carboxylic acids is 1. The molecule has 0 fully saturated rings. The van der Waals surface area contributed by atoms with Crippen LogP contribution in [-0.2, 0) is 19.5 Å². The molecule has 20 heavy (non-hydrogen) atoms. The van der Waals surface area contributed by atoms with Gasteiger partial charge in [-0.15, -0.1) is 0 Å². The quantitative estimate of drug-likeness (QED) is 0.773. The number of carbonyl (C=O) groups is 1. The fourth-order valence-corrected chi connectivity index (χ4v) is 2.78. The second-order valence-corrected chi connectivity index (χ2v) is 5.95. The molecule has 2 heterocycles. The van der Waals surface area contributed by atoms with Crippen LogP contribution in [0.1, 0.15) is 48.8 Å². The van der Waals surface area contributed by atoms with Crippen molar-refractivity contribution >= 4 is 6.29 Å². The number of aldehydes is 1. The fraction of sp³-hybridized carbons (Fsp3) is 0.625. The Morgan fingerprint density at radius 1 is 1.40 bits per heavy atom. The molecule has 0 unspecified atom stereocenters. The lowest BCUT2D eigenvalue weighted by atomic mass is 10.0. The van der Waals surface area contributed by atoms with Crippen LogP contribution in [0.15, 0.2) is 10.9 Å². The van der Waals surface area contributed by atoms with Crippen LogP contribution >= 0.6 is 0 Å². The molecule has 0 aliphatic carbocycles. The molecule has 0 N–H and O–H groups in total. The average Bonchev–Trinajstić information content (AvgIpc) is 2.44. The van der Waals surface area contributed by atoms with Gasteiger partial charge in [0.15, 0.2) is 6.29 Å². The van der Waals surface area contributed by atoms with Crippen LogP contribution in [0, 0.1) is 5.92 Å². The lowest BCUT2D eigenvalue weighted by Crippen LogP contribution is -2.37. The van der Waals surface area contributed by atoms with E-state index in [0.717, 1.165) is 43.7 Å². The molecule has 0 bridgehead atoms. The predicted octanol–water partition coefficient (Wildman–Crippen LogP) is 2.08. The van der Waals surface area contributed by atoms with Crippen LogP contribution in [0.25, 0.3) is 0 Å². The number of fused-ring (bicyclic) bond motifs is 1. The standard InChI is InChI=1S/C16H24N2O2/c1-4-17-7-6-15-13(10-17)9-14(11-19)16(20)18(15)8-5-12(2)3/h9,11-12H,4-8,10H2,1-3H3. The van der Waals surface area contributed by atoms with E-state index in [1.165, 1.54) is 0 Å². The van der Waals surface area contributed by atoms with E-state index in [4.69, 9.17) is 0 Å². The van der Waals surface area contributed by atoms with Crippen LogP contribution in [0.2, 0.25) is 0 Å². The summed E-state index contributed by atoms with van der Waals surface area (Å²) in [5, 5.41) is 0. The van der Waals surface area contributed by atoms with E-state index >= 15 is 0 Å². The third kappa shape index (κ3) is 3.01. The van der Waals surface area contributed by atoms with Gasteiger partial charge in [-0.05, 0) is 30.5 Å². The zero-order chi connectivity index (χ0) is 14.7. The third-order valence-electron chi connectivity index (χ3n) is 4.08. The highest BCUT2D eigenvalue weighted by atomic mass is 16.1. The summed E-state index contributed by atoms with van der Waals surface area (Å²) in [7, 11) is 0. The van der Waals surface area contributed by atoms with Crippen LogP contribution in [-0.4, -0.2) is 28.8 Å². The van der Waals surface area contributed by atoms with Crippen molar-refractivity contribution in [1.82, 2.24) is 9.47 Å². The van der Waals surface area contributed by atoms with E-state index in [-0.39, 0.29) is 5.56 Å². The molecule has 4 nitrogen and oxygen atoms in total. The molecule has 1 aliphatic heterocycles. The molecule has 1 aromatic heterocycles. The smallest absolute Gasteiger partial charge is 0.261 e. The molecule has 110 valence electrons. The maximum absolute atomic E-state index is 12.4. The summed E-state index contributed by atoms with van der Waals surface area (Å²) >= 11 is 0. The van der Waals surface area contributed by atoms with Gasteiger partial charge < -0.3 is 4.57 Å². The number of pyridine rings is 1. The first-order chi connectivity index (χ1) is 9.56. The van der Waals surface area contributed by atoms with Gasteiger partial charge in [0.05, 0.1) is 5.56 Å². The average molecular weight is 276 g/mol. The highest BCUT2D eigenvalue weighted by Crippen LogP contribution is 2.19. The third-order valence-corrected chi connectivity index (χ3v) is 4.08. The number of hydrogen-bond donors (Lipinski definition) is 0. The molecular weight excluding hydrogens is 252 g/mol. The first-order valence-corrected chi connectivity index (χ1v) is 7.50. The van der Waals surface area contributed by atoms with Crippen molar-refractivity contribution in [2.75, 3.05) is 13.1 Å². The van der Waals surface area contributed by atoms with Gasteiger partial charge >= 0.3 is 0 Å². The maximum Gasteiger partial charge on any atom is 0.261 e. The van der Waals surface area contributed by atoms with Crippen molar-refractivity contribution in [3.8, 4) is 0 Å². The first kappa shape index (κ1) is 15.0. The summed E-state index contributed by atoms with van der Waals surface area (Å²) in [6.07, 6.45) is 2.56. The predicted molar refractivity (Wildman–Crippen MR) is 80.2 cm³/mol. The van der Waals surface area contributed by atoms with Gasteiger partial charge in [0.25, 0.3) is 5.56 Å². The van der Waals surface area contributed by atoms with Gasteiger partial charge in [0.2, 0.25) is 0 Å². The van der Waals surface area contributed by atoms with Gasteiger partial charge in [0.1, 0.15) is 0 Å². The van der Waals surface area contributed by atoms with Crippen LogP contribution in [0.3, 0.4) is 0 Å². The Morgan fingerprint density at radius 3 is 2.75 bits per heavy atom. The van der Waals surface area contributed by atoms with Crippen LogP contribution in [0.4, 0.5) is 0 Å². The SMILES string of the molecule is CCN1CCc2c(cc(C=O)c(=O)n2CCC(C)C)C1. The van der Waals surface area contributed by atoms with Crippen molar-refractivity contribution in [1.29, 1.82) is 0 Å². The zero-order valence-electron chi connectivity index (χ0n) is 12.7. The van der Waals surface area contributed by atoms with Gasteiger partial charge in [-0.3, -0.25) is 14.5 Å². The molecule has 2 rings (SSSR count). The summed E-state index contributed by atoms with van der Waals surface area (Å²) in [4.78, 5) is 25.8. The largest absolute Gasteiger partial charge is 0.312 e. The zero-order valence-corrected chi connectivity index (χ0v) is 12.7. The van der Waals surface area contributed by atoms with Gasteiger partial charge in [0, 0.05) is 31.7 Å². The van der Waals surface area contributed by atoms with E-state index in [1.54, 1.807) is 6.07 Å². The summed E-state index contributed by atoms with van der Waals surface area (Å²) < 4.78 is 1.84. The van der Waals surface area contributed by atoms with E-state index in [2.05, 4.69) is 25.7 Å². The fourth-order valence-electron chi connectivity index (χ4n) is 2.78. The lowest BCUT2D eigenvalue weighted by molar-refractivity contribution is 0.112. The van der Waals surface area contributed by atoms with E-state index in [9.17, 15) is 9.59 Å². The topological polar surface area (TPSA) is 42.3 Å². The second kappa shape index (κ2) is 6.35. The minimum atomic E-state index is -0.121. The Hall–Kier alpha value is -1.42. The minimum absolute atomic E-state index is 0.121. The monoisotopic (exact) mass is 276 g/mol. The van der Waals surface area contributed by atoms with Crippen molar-refractivity contribution in [3.63, 3.8) is 0 Å². The highest BCUT2D eigenvalue weighted by Gasteiger charge is 2.20. The molecule has 0 atom stereocenters.